The van der Waals surface area contributed by atoms with Crippen molar-refractivity contribution in [3.63, 3.8) is 0 Å². The van der Waals surface area contributed by atoms with Crippen LogP contribution < -0.4 is 5.32 Å². The maximum absolute atomic E-state index is 12.9. The second-order valence-electron chi connectivity index (χ2n) is 19.5. The second kappa shape index (κ2) is 19.0. The monoisotopic (exact) mass is 766 g/mol. The number of hydrogen-bond donors (Lipinski definition) is 1. The van der Waals surface area contributed by atoms with E-state index in [1.165, 1.54) is 58.5 Å². The molecule has 1 amide bonds. The number of rotatable bonds is 21. The molecule has 0 aromatic carbocycles. The van der Waals surface area contributed by atoms with Gasteiger partial charge in [-0.05, 0) is 138 Å². The van der Waals surface area contributed by atoms with Crippen LogP contribution in [0.2, 0.25) is 0 Å². The van der Waals surface area contributed by atoms with Crippen LogP contribution in [0.5, 0.6) is 0 Å². The molecule has 1 N–H and O–H groups in total. The summed E-state index contributed by atoms with van der Waals surface area (Å²) in [6, 6.07) is 0. The Balaban J connectivity index is 1.15. The first-order chi connectivity index (χ1) is 24.9. The van der Waals surface area contributed by atoms with Crippen LogP contribution in [-0.2, 0) is 27.8 Å². The van der Waals surface area contributed by atoms with E-state index in [0.717, 1.165) is 67.6 Å². The summed E-state index contributed by atoms with van der Waals surface area (Å²) in [7, 11) is -1.59. The summed E-state index contributed by atoms with van der Waals surface area (Å²) in [6.45, 7) is 24.2. The van der Waals surface area contributed by atoms with Gasteiger partial charge in [0.2, 0.25) is 0 Å². The highest BCUT2D eigenvalue weighted by atomic mass is 31.2. The summed E-state index contributed by atoms with van der Waals surface area (Å²) in [5, 5.41) is 3.02. The molecule has 0 bridgehead atoms. The molecule has 308 valence electrons. The highest BCUT2D eigenvalue weighted by molar-refractivity contribution is 7.53. The van der Waals surface area contributed by atoms with E-state index in [9.17, 15) is 9.36 Å². The highest BCUT2D eigenvalue weighted by Gasteiger charge is 2.59. The third kappa shape index (κ3) is 11.8. The van der Waals surface area contributed by atoms with Gasteiger partial charge in [0, 0.05) is 26.2 Å². The van der Waals surface area contributed by atoms with Crippen molar-refractivity contribution in [3.8, 4) is 0 Å². The minimum Gasteiger partial charge on any atom is -0.446 e. The number of carbonyl (C=O) groups is 1. The van der Waals surface area contributed by atoms with E-state index in [1.54, 1.807) is 12.5 Å². The Morgan fingerprint density at radius 3 is 2.34 bits per heavy atom. The molecule has 4 rings (SSSR count). The number of amides is 1. The molecule has 3 saturated carbocycles. The lowest BCUT2D eigenvalue weighted by molar-refractivity contribution is -0.0794. The number of hydrogen-bond acceptors (Lipinski definition) is 7. The summed E-state index contributed by atoms with van der Waals surface area (Å²) < 4.78 is 40.9. The molecule has 0 aliphatic heterocycles. The molecule has 9 unspecified atom stereocenters. The average Bonchev–Trinajstić information content (AvgIpc) is 3.45. The van der Waals surface area contributed by atoms with Crippen LogP contribution >= 0.6 is 7.60 Å². The minimum atomic E-state index is -3.00. The molecule has 0 aromatic heterocycles. The number of nitrogens with one attached hydrogen (secondary N) is 1. The first-order valence-corrected chi connectivity index (χ1v) is 23.3. The predicted molar refractivity (Wildman–Crippen MR) is 216 cm³/mol. The largest absolute Gasteiger partial charge is 0.446 e. The van der Waals surface area contributed by atoms with Crippen LogP contribution in [0.25, 0.3) is 0 Å². The molecule has 9 atom stereocenters. The molecule has 8 nitrogen and oxygen atoms in total. The van der Waals surface area contributed by atoms with Gasteiger partial charge in [0.25, 0.3) is 0 Å². The Bertz CT molecular complexity index is 1240. The van der Waals surface area contributed by atoms with Gasteiger partial charge in [0.1, 0.15) is 6.10 Å². The molecule has 9 heteroatoms. The van der Waals surface area contributed by atoms with Crippen molar-refractivity contribution in [1.82, 2.24) is 5.32 Å². The van der Waals surface area contributed by atoms with Crippen molar-refractivity contribution in [2.24, 2.45) is 46.3 Å². The van der Waals surface area contributed by atoms with Crippen molar-refractivity contribution in [1.29, 1.82) is 0 Å². The molecule has 0 spiro atoms. The van der Waals surface area contributed by atoms with Gasteiger partial charge >= 0.3 is 13.7 Å². The molecule has 4 aliphatic carbocycles. The van der Waals surface area contributed by atoms with Gasteiger partial charge in [-0.1, -0.05) is 72.5 Å². The Morgan fingerprint density at radius 2 is 1.64 bits per heavy atom. The van der Waals surface area contributed by atoms with Gasteiger partial charge < -0.3 is 28.6 Å². The third-order valence-corrected chi connectivity index (χ3v) is 16.4. The van der Waals surface area contributed by atoms with Crippen LogP contribution in [0, 0.1) is 46.3 Å². The maximum Gasteiger partial charge on any atom is 0.407 e. The quantitative estimate of drug-likeness (QED) is 0.0706. The second-order valence-corrected chi connectivity index (χ2v) is 22.0. The molecule has 53 heavy (non-hydrogen) atoms. The van der Waals surface area contributed by atoms with Crippen molar-refractivity contribution >= 4 is 13.7 Å². The van der Waals surface area contributed by atoms with Crippen LogP contribution in [0.4, 0.5) is 4.79 Å². The lowest BCUT2D eigenvalue weighted by Gasteiger charge is -2.58. The number of ether oxygens (including phenoxy) is 3. The topological polar surface area (TPSA) is 92.3 Å². The van der Waals surface area contributed by atoms with E-state index >= 15 is 0 Å². The van der Waals surface area contributed by atoms with Crippen LogP contribution in [0.1, 0.15) is 159 Å². The summed E-state index contributed by atoms with van der Waals surface area (Å²) in [6.07, 6.45) is 18.9. The molecule has 0 radical (unpaired) electrons. The molecular weight excluding hydrogens is 685 g/mol. The van der Waals surface area contributed by atoms with Crippen molar-refractivity contribution in [2.75, 3.05) is 39.6 Å². The standard InChI is InChI=1S/C44H80NO7P/c1-12-53(47,48-11)51-30-29-50-42(7,8)26-28-49-41(5,6)23-14-27-45-40(46)52-35-21-24-43(9)34(31-35)17-18-36-38-20-19-37(33(4)16-13-15-32(2)3)44(38,10)25-22-39(36)43/h17,32-33,35-39H,12-16,18-31H2,1-11H3,(H,45,46). The van der Waals surface area contributed by atoms with Crippen molar-refractivity contribution in [2.45, 2.75) is 176 Å². The predicted octanol–water partition coefficient (Wildman–Crippen LogP) is 11.8. The summed E-state index contributed by atoms with van der Waals surface area (Å²) in [5.41, 5.74) is 1.61. The molecule has 3 fully saturated rings. The van der Waals surface area contributed by atoms with Gasteiger partial charge in [-0.25, -0.2) is 4.79 Å². The van der Waals surface area contributed by atoms with E-state index in [1.807, 2.05) is 13.8 Å². The highest BCUT2D eigenvalue weighted by Crippen LogP contribution is 2.67. The zero-order chi connectivity index (χ0) is 39.1. The first-order valence-electron chi connectivity index (χ1n) is 21.6. The van der Waals surface area contributed by atoms with E-state index in [0.29, 0.717) is 37.8 Å². The fraction of sp³-hybridized carbons (Fsp3) is 0.932. The normalized spacial score (nSPS) is 31.9. The fourth-order valence-electron chi connectivity index (χ4n) is 11.1. The molecular formula is C44H80NO7P. The van der Waals surface area contributed by atoms with Crippen molar-refractivity contribution in [3.05, 3.63) is 11.6 Å². The number of carbonyl (C=O) groups excluding carboxylic acids is 1. The number of fused-ring (bicyclic) bond motifs is 5. The smallest absolute Gasteiger partial charge is 0.407 e. The van der Waals surface area contributed by atoms with Gasteiger partial charge in [0.15, 0.2) is 0 Å². The summed E-state index contributed by atoms with van der Waals surface area (Å²) in [4.78, 5) is 12.9. The van der Waals surface area contributed by atoms with E-state index in [-0.39, 0.29) is 29.8 Å². The van der Waals surface area contributed by atoms with Gasteiger partial charge in [0.05, 0.1) is 31.0 Å². The zero-order valence-corrected chi connectivity index (χ0v) is 36.8. The third-order valence-electron chi connectivity index (χ3n) is 14.5. The van der Waals surface area contributed by atoms with Crippen molar-refractivity contribution < 1.29 is 32.6 Å². The molecule has 4 aliphatic rings. The van der Waals surface area contributed by atoms with E-state index in [2.05, 4.69) is 59.9 Å². The first kappa shape index (κ1) is 44.8. The lowest BCUT2D eigenvalue weighted by atomic mass is 9.47. The van der Waals surface area contributed by atoms with Gasteiger partial charge in [-0.2, -0.15) is 0 Å². The lowest BCUT2D eigenvalue weighted by Crippen LogP contribution is -2.51. The zero-order valence-electron chi connectivity index (χ0n) is 35.9. The van der Waals surface area contributed by atoms with Crippen LogP contribution in [0.3, 0.4) is 0 Å². The Labute approximate surface area is 324 Å². The Kier molecular flexibility index (Phi) is 16.1. The number of alkyl carbamates (subject to hydrolysis) is 1. The Morgan fingerprint density at radius 1 is 0.925 bits per heavy atom. The van der Waals surface area contributed by atoms with E-state index < -0.39 is 13.2 Å². The van der Waals surface area contributed by atoms with Crippen LogP contribution in [0.15, 0.2) is 11.6 Å². The Hall–Kier alpha value is -0.920. The van der Waals surface area contributed by atoms with Gasteiger partial charge in [-0.15, -0.1) is 0 Å². The fourth-order valence-corrected chi connectivity index (χ4v) is 12.0. The molecule has 0 heterocycles. The van der Waals surface area contributed by atoms with Crippen LogP contribution in [-0.4, -0.2) is 63.0 Å². The maximum atomic E-state index is 12.9. The van der Waals surface area contributed by atoms with E-state index in [4.69, 9.17) is 23.3 Å². The minimum absolute atomic E-state index is 0.0321. The average molecular weight is 766 g/mol. The summed E-state index contributed by atoms with van der Waals surface area (Å²) in [5.74, 6) is 5.01. The number of allylic oxidation sites excluding steroid dienone is 1. The molecule has 0 saturated heterocycles. The molecule has 0 aromatic rings. The summed E-state index contributed by atoms with van der Waals surface area (Å²) >= 11 is 0. The SMILES string of the molecule is CCP(=O)(OC)OCCOC(C)(C)CCOC(C)(C)CCCNC(=O)OC1CCC2(C)C(=CCC3C2CCC2(C)C(C(C)CCCC(C)C)CCC32)C1. The van der Waals surface area contributed by atoms with Gasteiger partial charge in [-0.3, -0.25) is 4.57 Å².